The summed E-state index contributed by atoms with van der Waals surface area (Å²) in [5, 5.41) is 3.28. The zero-order chi connectivity index (χ0) is 16.7. The predicted molar refractivity (Wildman–Crippen MR) is 110 cm³/mol. The number of nitrogens with zero attached hydrogens (tertiary/aromatic N) is 2. The van der Waals surface area contributed by atoms with Gasteiger partial charge in [0.2, 0.25) is 0 Å². The zero-order valence-corrected chi connectivity index (χ0v) is 17.5. The third kappa shape index (κ3) is 6.47. The van der Waals surface area contributed by atoms with Crippen molar-refractivity contribution in [3.63, 3.8) is 0 Å². The third-order valence-corrected chi connectivity index (χ3v) is 3.88. The lowest BCUT2D eigenvalue weighted by atomic mass is 10.1. The summed E-state index contributed by atoms with van der Waals surface area (Å²) in [4.78, 5) is 6.67. The van der Waals surface area contributed by atoms with Crippen LogP contribution in [0.2, 0.25) is 0 Å². The van der Waals surface area contributed by atoms with E-state index in [1.54, 1.807) is 0 Å². The minimum Gasteiger partial charge on any atom is -0.493 e. The highest BCUT2D eigenvalue weighted by atomic mass is 127. The average molecular weight is 447 g/mol. The Morgan fingerprint density at radius 3 is 2.83 bits per heavy atom. The molecule has 2 rings (SSSR count). The van der Waals surface area contributed by atoms with Crippen molar-refractivity contribution >= 4 is 29.9 Å². The molecule has 6 heteroatoms. The van der Waals surface area contributed by atoms with Crippen molar-refractivity contribution in [3.8, 4) is 5.75 Å². The first-order valence-corrected chi connectivity index (χ1v) is 8.36. The highest BCUT2D eigenvalue weighted by Gasteiger charge is 2.17. The van der Waals surface area contributed by atoms with E-state index < -0.39 is 0 Å². The normalized spacial score (nSPS) is 17.3. The summed E-state index contributed by atoms with van der Waals surface area (Å²) in [6.07, 6.45) is 1.09. The van der Waals surface area contributed by atoms with E-state index in [1.807, 2.05) is 19.0 Å². The van der Waals surface area contributed by atoms with Gasteiger partial charge in [0.1, 0.15) is 5.75 Å². The quantitative estimate of drug-likeness (QED) is 0.414. The fraction of sp³-hybridized carbons (Fsp3) is 0.611. The molecule has 1 aromatic carbocycles. The number of halogens is 1. The second kappa shape index (κ2) is 10.8. The van der Waals surface area contributed by atoms with E-state index in [0.717, 1.165) is 43.5 Å². The maximum Gasteiger partial charge on any atom is 0.193 e. The van der Waals surface area contributed by atoms with E-state index in [1.165, 1.54) is 5.56 Å². The molecular formula is C18H30IN3O2. The Hall–Kier alpha value is -1.02. The summed E-state index contributed by atoms with van der Waals surface area (Å²) < 4.78 is 11.5. The molecule has 1 unspecified atom stereocenters. The number of aryl methyl sites for hydroxylation is 1. The predicted octanol–water partition coefficient (Wildman–Crippen LogP) is 3.06. The van der Waals surface area contributed by atoms with Crippen molar-refractivity contribution < 1.29 is 9.47 Å². The molecule has 1 N–H and O–H groups in total. The molecule has 0 bridgehead atoms. The van der Waals surface area contributed by atoms with Crippen LogP contribution in [-0.4, -0.2) is 51.3 Å². The number of benzene rings is 1. The summed E-state index contributed by atoms with van der Waals surface area (Å²) in [5.74, 6) is 2.34. The van der Waals surface area contributed by atoms with Gasteiger partial charge >= 0.3 is 0 Å². The molecule has 136 valence electrons. The lowest BCUT2D eigenvalue weighted by Gasteiger charge is -2.18. The van der Waals surface area contributed by atoms with Gasteiger partial charge in [0, 0.05) is 38.7 Å². The first-order valence-electron chi connectivity index (χ1n) is 8.36. The number of ether oxygens (including phenoxy) is 2. The van der Waals surface area contributed by atoms with Gasteiger partial charge in [-0.1, -0.05) is 12.1 Å². The maximum atomic E-state index is 6.07. The van der Waals surface area contributed by atoms with Crippen LogP contribution in [-0.2, 0) is 11.3 Å². The van der Waals surface area contributed by atoms with Gasteiger partial charge in [-0.2, -0.15) is 0 Å². The summed E-state index contributed by atoms with van der Waals surface area (Å²) in [5.41, 5.74) is 2.32. The molecule has 5 nitrogen and oxygen atoms in total. The van der Waals surface area contributed by atoms with Crippen molar-refractivity contribution in [2.45, 2.75) is 26.8 Å². The number of aliphatic imine (C=N–C) groups is 1. The fourth-order valence-corrected chi connectivity index (χ4v) is 2.52. The molecule has 0 amide bonds. The van der Waals surface area contributed by atoms with Gasteiger partial charge in [0.05, 0.1) is 19.8 Å². The fourth-order valence-electron chi connectivity index (χ4n) is 2.52. The molecular weight excluding hydrogens is 417 g/mol. The SMILES string of the molecule is CCNC(=NCc1ccc(C)cc1OCC1CCOC1)N(C)C.I. The third-order valence-electron chi connectivity index (χ3n) is 3.88. The number of hydrogen-bond donors (Lipinski definition) is 1. The molecule has 24 heavy (non-hydrogen) atoms. The average Bonchev–Trinajstić information content (AvgIpc) is 3.03. The van der Waals surface area contributed by atoms with E-state index in [4.69, 9.17) is 9.47 Å². The van der Waals surface area contributed by atoms with Gasteiger partial charge in [-0.15, -0.1) is 24.0 Å². The largest absolute Gasteiger partial charge is 0.493 e. The van der Waals surface area contributed by atoms with Crippen molar-refractivity contribution in [1.29, 1.82) is 0 Å². The lowest BCUT2D eigenvalue weighted by Crippen LogP contribution is -2.36. The Labute approximate surface area is 162 Å². The number of guanidine groups is 1. The molecule has 1 aromatic rings. The molecule has 0 radical (unpaired) electrons. The van der Waals surface area contributed by atoms with E-state index >= 15 is 0 Å². The van der Waals surface area contributed by atoms with Crippen LogP contribution >= 0.6 is 24.0 Å². The van der Waals surface area contributed by atoms with Gasteiger partial charge in [-0.25, -0.2) is 4.99 Å². The van der Waals surface area contributed by atoms with Crippen LogP contribution in [0.15, 0.2) is 23.2 Å². The molecule has 1 fully saturated rings. The van der Waals surface area contributed by atoms with Crippen LogP contribution in [0, 0.1) is 12.8 Å². The Kier molecular flexibility index (Phi) is 9.43. The smallest absolute Gasteiger partial charge is 0.193 e. The monoisotopic (exact) mass is 447 g/mol. The maximum absolute atomic E-state index is 6.07. The summed E-state index contributed by atoms with van der Waals surface area (Å²) in [7, 11) is 3.99. The lowest BCUT2D eigenvalue weighted by molar-refractivity contribution is 0.166. The first-order chi connectivity index (χ1) is 11.1. The highest BCUT2D eigenvalue weighted by Crippen LogP contribution is 2.23. The van der Waals surface area contributed by atoms with Gasteiger partial charge in [-0.3, -0.25) is 0 Å². The summed E-state index contributed by atoms with van der Waals surface area (Å²) in [6.45, 7) is 8.01. The van der Waals surface area contributed by atoms with Gasteiger partial charge in [0.25, 0.3) is 0 Å². The standard InChI is InChI=1S/C18H29N3O2.HI/c1-5-19-18(21(3)4)20-11-16-7-6-14(2)10-17(16)23-13-15-8-9-22-12-15;/h6-7,10,15H,5,8-9,11-13H2,1-4H3,(H,19,20);1H. The highest BCUT2D eigenvalue weighted by molar-refractivity contribution is 14.0. The van der Waals surface area contributed by atoms with Crippen LogP contribution in [0.25, 0.3) is 0 Å². The molecule has 1 saturated heterocycles. The van der Waals surface area contributed by atoms with Gasteiger partial charge in [-0.05, 0) is 31.9 Å². The van der Waals surface area contributed by atoms with E-state index in [0.29, 0.717) is 19.1 Å². The van der Waals surface area contributed by atoms with Gasteiger partial charge < -0.3 is 19.7 Å². The number of hydrogen-bond acceptors (Lipinski definition) is 3. The molecule has 0 saturated carbocycles. The minimum atomic E-state index is 0. The van der Waals surface area contributed by atoms with E-state index in [-0.39, 0.29) is 24.0 Å². The van der Waals surface area contributed by atoms with Crippen molar-refractivity contribution in [3.05, 3.63) is 29.3 Å². The molecule has 0 aromatic heterocycles. The van der Waals surface area contributed by atoms with Crippen LogP contribution in [0.5, 0.6) is 5.75 Å². The number of nitrogens with one attached hydrogen (secondary N) is 1. The molecule has 0 spiro atoms. The van der Waals surface area contributed by atoms with Crippen molar-refractivity contribution in [1.82, 2.24) is 10.2 Å². The summed E-state index contributed by atoms with van der Waals surface area (Å²) >= 11 is 0. The van der Waals surface area contributed by atoms with Crippen molar-refractivity contribution in [2.75, 3.05) is 40.5 Å². The Balaban J connectivity index is 0.00000288. The molecule has 1 aliphatic heterocycles. The van der Waals surface area contributed by atoms with Crippen molar-refractivity contribution in [2.24, 2.45) is 10.9 Å². The zero-order valence-electron chi connectivity index (χ0n) is 15.2. The minimum absolute atomic E-state index is 0. The summed E-state index contributed by atoms with van der Waals surface area (Å²) in [6, 6.07) is 6.32. The van der Waals surface area contributed by atoms with Crippen LogP contribution in [0.4, 0.5) is 0 Å². The molecule has 1 heterocycles. The van der Waals surface area contributed by atoms with Gasteiger partial charge in [0.15, 0.2) is 5.96 Å². The molecule has 1 aliphatic rings. The van der Waals surface area contributed by atoms with Crippen LogP contribution < -0.4 is 10.1 Å². The molecule has 1 atom stereocenters. The van der Waals surface area contributed by atoms with Crippen LogP contribution in [0.3, 0.4) is 0 Å². The Bertz CT molecular complexity index is 529. The Morgan fingerprint density at radius 1 is 1.42 bits per heavy atom. The molecule has 0 aliphatic carbocycles. The van der Waals surface area contributed by atoms with E-state index in [9.17, 15) is 0 Å². The van der Waals surface area contributed by atoms with E-state index in [2.05, 4.69) is 42.4 Å². The number of rotatable bonds is 6. The first kappa shape index (κ1) is 21.0. The second-order valence-corrected chi connectivity index (χ2v) is 6.22. The van der Waals surface area contributed by atoms with Crippen LogP contribution in [0.1, 0.15) is 24.5 Å². The topological polar surface area (TPSA) is 46.1 Å². The Morgan fingerprint density at radius 2 is 2.21 bits per heavy atom. The second-order valence-electron chi connectivity index (χ2n) is 6.22.